The molecule has 0 spiro atoms. The average molecular weight is 328 g/mol. The fraction of sp³-hybridized carbons (Fsp3) is 0.692. The van der Waals surface area contributed by atoms with Crippen molar-refractivity contribution in [3.05, 3.63) is 12.4 Å². The Kier molecular flexibility index (Phi) is 4.46. The van der Waals surface area contributed by atoms with E-state index in [1.54, 1.807) is 4.31 Å². The van der Waals surface area contributed by atoms with E-state index in [1.165, 1.54) is 23.8 Å². The second-order valence-corrected chi connectivity index (χ2v) is 7.30. The molecule has 0 bridgehead atoms. The van der Waals surface area contributed by atoms with Gasteiger partial charge in [-0.25, -0.2) is 9.97 Å². The van der Waals surface area contributed by atoms with E-state index in [1.807, 2.05) is 0 Å². The third-order valence-electron chi connectivity index (χ3n) is 3.93. The average Bonchev–Trinajstić information content (AvgIpc) is 3.20. The molecule has 0 saturated carbocycles. The molecule has 2 aliphatic rings. The summed E-state index contributed by atoms with van der Waals surface area (Å²) in [6, 6.07) is 0. The molecule has 1 atom stereocenters. The van der Waals surface area contributed by atoms with Gasteiger partial charge in [-0.15, -0.1) is 0 Å². The van der Waals surface area contributed by atoms with Crippen molar-refractivity contribution in [2.45, 2.75) is 25.4 Å². The number of ether oxygens (including phenoxy) is 2. The molecule has 0 aliphatic carbocycles. The maximum absolute atomic E-state index is 12.5. The minimum absolute atomic E-state index is 0.233. The zero-order valence-electron chi connectivity index (χ0n) is 12.5. The van der Waals surface area contributed by atoms with Crippen LogP contribution in [0.4, 0.5) is 0 Å². The fourth-order valence-electron chi connectivity index (χ4n) is 2.78. The van der Waals surface area contributed by atoms with Crippen LogP contribution in [0.3, 0.4) is 0 Å². The van der Waals surface area contributed by atoms with Gasteiger partial charge in [0.1, 0.15) is 6.10 Å². The number of hydrogen-bond donors (Lipinski definition) is 0. The highest BCUT2D eigenvalue weighted by Crippen LogP contribution is 2.26. The first-order valence-electron chi connectivity index (χ1n) is 7.38. The highest BCUT2D eigenvalue weighted by Gasteiger charge is 2.37. The quantitative estimate of drug-likeness (QED) is 0.772. The third kappa shape index (κ3) is 3.01. The van der Waals surface area contributed by atoms with Gasteiger partial charge in [0, 0.05) is 32.0 Å². The fourth-order valence-corrected chi connectivity index (χ4v) is 4.51. The first-order chi connectivity index (χ1) is 10.6. The zero-order chi connectivity index (χ0) is 15.6. The summed E-state index contributed by atoms with van der Waals surface area (Å²) in [5, 5.41) is 0. The van der Waals surface area contributed by atoms with Crippen LogP contribution in [-0.4, -0.2) is 66.4 Å². The second kappa shape index (κ2) is 6.35. The second-order valence-electron chi connectivity index (χ2n) is 5.37. The minimum atomic E-state index is -3.36. The molecule has 0 radical (unpaired) electrons. The minimum Gasteiger partial charge on any atom is -0.477 e. The molecule has 9 heteroatoms. The molecule has 8 nitrogen and oxygen atoms in total. The van der Waals surface area contributed by atoms with Gasteiger partial charge in [0.05, 0.1) is 13.7 Å². The van der Waals surface area contributed by atoms with E-state index in [0.29, 0.717) is 44.4 Å². The normalized spacial score (nSPS) is 23.8. The van der Waals surface area contributed by atoms with E-state index in [4.69, 9.17) is 9.47 Å². The van der Waals surface area contributed by atoms with E-state index in [2.05, 4.69) is 9.97 Å². The maximum atomic E-state index is 12.5. The highest BCUT2D eigenvalue weighted by molar-refractivity contribution is 7.86. The monoisotopic (exact) mass is 328 g/mol. The van der Waals surface area contributed by atoms with Gasteiger partial charge in [0.15, 0.2) is 0 Å². The lowest BCUT2D eigenvalue weighted by Gasteiger charge is -2.23. The van der Waals surface area contributed by atoms with Gasteiger partial charge in [-0.1, -0.05) is 0 Å². The Hall–Kier alpha value is -1.45. The molecule has 1 unspecified atom stereocenters. The van der Waals surface area contributed by atoms with Crippen LogP contribution < -0.4 is 9.47 Å². The first kappa shape index (κ1) is 15.4. The van der Waals surface area contributed by atoms with Crippen LogP contribution in [0, 0.1) is 0 Å². The topological polar surface area (TPSA) is 84.9 Å². The largest absolute Gasteiger partial charge is 0.477 e. The SMILES string of the molecule is COc1nccnc1OC1CCN(S(=O)(=O)N2CCCC2)C1. The van der Waals surface area contributed by atoms with Crippen molar-refractivity contribution in [3.8, 4) is 11.8 Å². The van der Waals surface area contributed by atoms with E-state index in [9.17, 15) is 8.42 Å². The number of rotatable bonds is 5. The lowest BCUT2D eigenvalue weighted by atomic mass is 10.3. The Labute approximate surface area is 130 Å². The smallest absolute Gasteiger partial charge is 0.282 e. The molecule has 0 amide bonds. The van der Waals surface area contributed by atoms with E-state index < -0.39 is 10.2 Å². The molecule has 0 aromatic carbocycles. The number of hydrogen-bond acceptors (Lipinski definition) is 6. The van der Waals surface area contributed by atoms with Crippen molar-refractivity contribution in [1.29, 1.82) is 0 Å². The molecule has 2 aliphatic heterocycles. The molecule has 2 saturated heterocycles. The molecule has 3 heterocycles. The summed E-state index contributed by atoms with van der Waals surface area (Å²) < 4.78 is 38.9. The van der Waals surface area contributed by atoms with Crippen molar-refractivity contribution >= 4 is 10.2 Å². The van der Waals surface area contributed by atoms with Crippen LogP contribution in [0.15, 0.2) is 12.4 Å². The molecular formula is C13H20N4O4S. The van der Waals surface area contributed by atoms with Gasteiger partial charge in [-0.3, -0.25) is 0 Å². The maximum Gasteiger partial charge on any atom is 0.282 e. The Morgan fingerprint density at radius 1 is 1.09 bits per heavy atom. The Bertz CT molecular complexity index is 618. The molecule has 1 aromatic rings. The van der Waals surface area contributed by atoms with Crippen molar-refractivity contribution in [2.24, 2.45) is 0 Å². The Morgan fingerprint density at radius 3 is 2.45 bits per heavy atom. The summed E-state index contributed by atoms with van der Waals surface area (Å²) in [5.74, 6) is 0.610. The van der Waals surface area contributed by atoms with Crippen molar-refractivity contribution in [1.82, 2.24) is 18.6 Å². The molecule has 122 valence electrons. The summed E-state index contributed by atoms with van der Waals surface area (Å²) in [5.41, 5.74) is 0. The van der Waals surface area contributed by atoms with Crippen molar-refractivity contribution < 1.29 is 17.9 Å². The van der Waals surface area contributed by atoms with E-state index in [-0.39, 0.29) is 6.10 Å². The summed E-state index contributed by atoms with van der Waals surface area (Å²) in [7, 11) is -1.86. The van der Waals surface area contributed by atoms with Crippen LogP contribution >= 0.6 is 0 Å². The van der Waals surface area contributed by atoms with Crippen LogP contribution in [0.5, 0.6) is 11.8 Å². The van der Waals surface area contributed by atoms with E-state index >= 15 is 0 Å². The van der Waals surface area contributed by atoms with Crippen LogP contribution in [-0.2, 0) is 10.2 Å². The third-order valence-corrected chi connectivity index (χ3v) is 5.93. The van der Waals surface area contributed by atoms with E-state index in [0.717, 1.165) is 12.8 Å². The number of aromatic nitrogens is 2. The molecule has 1 aromatic heterocycles. The van der Waals surface area contributed by atoms with Crippen molar-refractivity contribution in [3.63, 3.8) is 0 Å². The molecule has 2 fully saturated rings. The number of methoxy groups -OCH3 is 1. The summed E-state index contributed by atoms with van der Waals surface area (Å²) in [6.45, 7) is 2.02. The van der Waals surface area contributed by atoms with Crippen LogP contribution in [0.1, 0.15) is 19.3 Å². The Morgan fingerprint density at radius 2 is 1.77 bits per heavy atom. The lowest BCUT2D eigenvalue weighted by molar-refractivity contribution is 0.193. The van der Waals surface area contributed by atoms with Gasteiger partial charge in [-0.2, -0.15) is 17.0 Å². The van der Waals surface area contributed by atoms with Crippen LogP contribution in [0.2, 0.25) is 0 Å². The molecule has 22 heavy (non-hydrogen) atoms. The molecule has 3 rings (SSSR count). The predicted octanol–water partition coefficient (Wildman–Crippen LogP) is 0.279. The number of nitrogens with zero attached hydrogens (tertiary/aromatic N) is 4. The summed E-state index contributed by atoms with van der Waals surface area (Å²) in [4.78, 5) is 8.11. The van der Waals surface area contributed by atoms with Gasteiger partial charge in [-0.05, 0) is 19.3 Å². The van der Waals surface area contributed by atoms with Crippen LogP contribution in [0.25, 0.3) is 0 Å². The first-order valence-corrected chi connectivity index (χ1v) is 8.78. The van der Waals surface area contributed by atoms with Crippen molar-refractivity contribution in [2.75, 3.05) is 33.3 Å². The highest BCUT2D eigenvalue weighted by atomic mass is 32.2. The zero-order valence-corrected chi connectivity index (χ0v) is 13.3. The predicted molar refractivity (Wildman–Crippen MR) is 78.9 cm³/mol. The Balaban J connectivity index is 1.65. The lowest BCUT2D eigenvalue weighted by Crippen LogP contribution is -2.41. The summed E-state index contributed by atoms with van der Waals surface area (Å²) >= 11 is 0. The van der Waals surface area contributed by atoms with Gasteiger partial charge in [0.25, 0.3) is 22.0 Å². The van der Waals surface area contributed by atoms with Gasteiger partial charge >= 0.3 is 0 Å². The molecular weight excluding hydrogens is 308 g/mol. The summed E-state index contributed by atoms with van der Waals surface area (Å²) in [6.07, 6.45) is 5.30. The van der Waals surface area contributed by atoms with Gasteiger partial charge in [0.2, 0.25) is 0 Å². The molecule has 0 N–H and O–H groups in total. The standard InChI is InChI=1S/C13H20N4O4S/c1-20-12-13(15-6-5-14-12)21-11-4-9-17(10-11)22(18,19)16-7-2-3-8-16/h5-6,11H,2-4,7-10H2,1H3. The van der Waals surface area contributed by atoms with Gasteiger partial charge < -0.3 is 9.47 Å².